The van der Waals surface area contributed by atoms with Crippen molar-refractivity contribution in [3.8, 4) is 0 Å². The Labute approximate surface area is 199 Å². The minimum absolute atomic E-state index is 0.104. The van der Waals surface area contributed by atoms with Crippen LogP contribution in [0.1, 0.15) is 40.9 Å². The number of carbonyl (C=O) groups is 1. The first-order valence-electron chi connectivity index (χ1n) is 11.4. The van der Waals surface area contributed by atoms with E-state index in [2.05, 4.69) is 25.5 Å². The van der Waals surface area contributed by atoms with E-state index in [1.807, 2.05) is 24.3 Å². The first-order valence-corrected chi connectivity index (χ1v) is 12.2. The quantitative estimate of drug-likeness (QED) is 0.527. The van der Waals surface area contributed by atoms with Crippen LogP contribution in [0.3, 0.4) is 0 Å². The van der Waals surface area contributed by atoms with Crippen LogP contribution in [0.4, 0.5) is 24.7 Å². The topological polar surface area (TPSA) is 70.2 Å². The number of anilines is 2. The molecule has 180 valence electrons. The fraction of sp³-hybridized carbons (Fsp3) is 0.458. The Morgan fingerprint density at radius 2 is 2.03 bits per heavy atom. The second-order valence-corrected chi connectivity index (χ2v) is 10.4. The molecule has 5 rings (SSSR count). The molecule has 1 aliphatic carbocycles. The van der Waals surface area contributed by atoms with Gasteiger partial charge in [-0.05, 0) is 61.4 Å². The number of halogens is 3. The van der Waals surface area contributed by atoms with Crippen LogP contribution in [0.5, 0.6) is 0 Å². The van der Waals surface area contributed by atoms with Crippen LogP contribution < -0.4 is 15.5 Å². The standard InChI is InChI=1S/C24H26F3N5OS/c1-28-21(33)15-2-4-16(5-3-15)31-17-6-7-23(11-17)8-9-32(13-23)20-19-10-18(12-24(25,26)27)34-22(19)30-14-29-20/h2-5,10,14,17,31H,6-9,11-13H2,1H3,(H,28,33)/t17-,23-/m0/s1. The van der Waals surface area contributed by atoms with E-state index in [0.717, 1.165) is 61.6 Å². The summed E-state index contributed by atoms with van der Waals surface area (Å²) >= 11 is 1.09. The van der Waals surface area contributed by atoms with Gasteiger partial charge in [-0.2, -0.15) is 13.2 Å². The Kier molecular flexibility index (Phi) is 5.87. The Morgan fingerprint density at radius 3 is 2.76 bits per heavy atom. The number of thiophene rings is 1. The first-order chi connectivity index (χ1) is 16.2. The largest absolute Gasteiger partial charge is 0.393 e. The lowest BCUT2D eigenvalue weighted by Gasteiger charge is -2.25. The lowest BCUT2D eigenvalue weighted by molar-refractivity contribution is -0.126. The van der Waals surface area contributed by atoms with Gasteiger partial charge in [0.05, 0.1) is 11.8 Å². The average molecular weight is 490 g/mol. The summed E-state index contributed by atoms with van der Waals surface area (Å²) in [6.07, 6.45) is 0.490. The van der Waals surface area contributed by atoms with E-state index >= 15 is 0 Å². The summed E-state index contributed by atoms with van der Waals surface area (Å²) in [6.45, 7) is 1.68. The van der Waals surface area contributed by atoms with Crippen molar-refractivity contribution in [2.45, 2.75) is 44.3 Å². The summed E-state index contributed by atoms with van der Waals surface area (Å²) < 4.78 is 38.6. The molecule has 1 amide bonds. The summed E-state index contributed by atoms with van der Waals surface area (Å²) in [7, 11) is 1.61. The van der Waals surface area contributed by atoms with E-state index in [4.69, 9.17) is 0 Å². The van der Waals surface area contributed by atoms with Crippen molar-refractivity contribution in [3.63, 3.8) is 0 Å². The van der Waals surface area contributed by atoms with E-state index in [9.17, 15) is 18.0 Å². The zero-order valence-electron chi connectivity index (χ0n) is 18.8. The lowest BCUT2D eigenvalue weighted by Crippen LogP contribution is -2.27. The van der Waals surface area contributed by atoms with Gasteiger partial charge in [0.15, 0.2) is 0 Å². The number of carbonyl (C=O) groups excluding carboxylic acids is 1. The summed E-state index contributed by atoms with van der Waals surface area (Å²) in [6, 6.07) is 9.45. The molecular weight excluding hydrogens is 463 g/mol. The number of nitrogens with zero attached hydrogens (tertiary/aromatic N) is 3. The van der Waals surface area contributed by atoms with Crippen molar-refractivity contribution in [1.29, 1.82) is 0 Å². The van der Waals surface area contributed by atoms with Gasteiger partial charge in [0.2, 0.25) is 0 Å². The van der Waals surface area contributed by atoms with Gasteiger partial charge in [-0.1, -0.05) is 0 Å². The third-order valence-electron chi connectivity index (χ3n) is 6.92. The number of aromatic nitrogens is 2. The van der Waals surface area contributed by atoms with Gasteiger partial charge >= 0.3 is 6.18 Å². The summed E-state index contributed by atoms with van der Waals surface area (Å²) in [4.78, 5) is 23.5. The number of hydrogen-bond donors (Lipinski definition) is 2. The van der Waals surface area contributed by atoms with Gasteiger partial charge in [-0.3, -0.25) is 4.79 Å². The Balaban J connectivity index is 1.26. The molecule has 10 heteroatoms. The van der Waals surface area contributed by atoms with Crippen molar-refractivity contribution in [1.82, 2.24) is 15.3 Å². The predicted octanol–water partition coefficient (Wildman–Crippen LogP) is 5.02. The van der Waals surface area contributed by atoms with Crippen LogP contribution in [0.25, 0.3) is 10.2 Å². The van der Waals surface area contributed by atoms with Gasteiger partial charge in [0, 0.05) is 42.3 Å². The van der Waals surface area contributed by atoms with Crippen LogP contribution in [0, 0.1) is 5.41 Å². The highest BCUT2D eigenvalue weighted by molar-refractivity contribution is 7.18. The minimum Gasteiger partial charge on any atom is -0.382 e. The van der Waals surface area contributed by atoms with Crippen molar-refractivity contribution >= 4 is 39.0 Å². The number of nitrogens with one attached hydrogen (secondary N) is 2. The molecule has 1 saturated carbocycles. The maximum absolute atomic E-state index is 12.9. The van der Waals surface area contributed by atoms with E-state index in [1.165, 1.54) is 6.33 Å². The van der Waals surface area contributed by atoms with Crippen molar-refractivity contribution in [2.24, 2.45) is 5.41 Å². The second kappa shape index (κ2) is 8.72. The molecule has 1 saturated heterocycles. The number of alkyl halides is 3. The Hall–Kier alpha value is -2.88. The first kappa shape index (κ1) is 22.9. The monoisotopic (exact) mass is 489 g/mol. The molecule has 1 aromatic carbocycles. The normalized spacial score (nSPS) is 22.6. The molecule has 34 heavy (non-hydrogen) atoms. The van der Waals surface area contributed by atoms with E-state index in [-0.39, 0.29) is 16.2 Å². The molecule has 2 atom stereocenters. The molecule has 3 aromatic rings. The molecule has 2 aliphatic rings. The zero-order valence-corrected chi connectivity index (χ0v) is 19.6. The number of rotatable bonds is 5. The van der Waals surface area contributed by atoms with Crippen molar-refractivity contribution in [3.05, 3.63) is 47.1 Å². The van der Waals surface area contributed by atoms with E-state index in [0.29, 0.717) is 21.8 Å². The molecule has 2 aromatic heterocycles. The predicted molar refractivity (Wildman–Crippen MR) is 128 cm³/mol. The molecular formula is C24H26F3N5OS. The number of hydrogen-bond acceptors (Lipinski definition) is 6. The van der Waals surface area contributed by atoms with Crippen LogP contribution in [0.2, 0.25) is 0 Å². The molecule has 3 heterocycles. The van der Waals surface area contributed by atoms with Gasteiger partial charge in [0.1, 0.15) is 17.0 Å². The van der Waals surface area contributed by atoms with E-state index < -0.39 is 12.6 Å². The van der Waals surface area contributed by atoms with Gasteiger partial charge in [0.25, 0.3) is 5.91 Å². The van der Waals surface area contributed by atoms with Gasteiger partial charge in [-0.15, -0.1) is 11.3 Å². The molecule has 1 spiro atoms. The highest BCUT2D eigenvalue weighted by atomic mass is 32.1. The van der Waals surface area contributed by atoms with Gasteiger partial charge in [-0.25, -0.2) is 9.97 Å². The number of amides is 1. The summed E-state index contributed by atoms with van der Waals surface area (Å²) in [5.41, 5.74) is 1.80. The SMILES string of the molecule is CNC(=O)c1ccc(N[C@H]2CC[C@]3(CCN(c4ncnc5sc(CC(F)(F)F)cc45)C3)C2)cc1. The maximum Gasteiger partial charge on any atom is 0.393 e. The molecule has 2 N–H and O–H groups in total. The molecule has 0 bridgehead atoms. The maximum atomic E-state index is 12.9. The highest BCUT2D eigenvalue weighted by Crippen LogP contribution is 2.48. The molecule has 1 aliphatic heterocycles. The second-order valence-electron chi connectivity index (χ2n) is 9.33. The number of fused-ring (bicyclic) bond motifs is 1. The van der Waals surface area contributed by atoms with E-state index in [1.54, 1.807) is 13.1 Å². The van der Waals surface area contributed by atoms with Crippen molar-refractivity contribution in [2.75, 3.05) is 30.4 Å². The third kappa shape index (κ3) is 4.68. The molecule has 0 radical (unpaired) electrons. The molecule has 2 fully saturated rings. The molecule has 6 nitrogen and oxygen atoms in total. The highest BCUT2D eigenvalue weighted by Gasteiger charge is 2.44. The minimum atomic E-state index is -4.24. The van der Waals surface area contributed by atoms with Crippen molar-refractivity contribution < 1.29 is 18.0 Å². The van der Waals surface area contributed by atoms with Gasteiger partial charge < -0.3 is 15.5 Å². The van der Waals surface area contributed by atoms with Crippen LogP contribution in [-0.2, 0) is 6.42 Å². The average Bonchev–Trinajstić information content (AvgIpc) is 3.51. The molecule has 0 unspecified atom stereocenters. The third-order valence-corrected chi connectivity index (χ3v) is 7.96. The Morgan fingerprint density at radius 1 is 1.24 bits per heavy atom. The zero-order chi connectivity index (χ0) is 23.9. The number of benzene rings is 1. The fourth-order valence-electron chi connectivity index (χ4n) is 5.34. The lowest BCUT2D eigenvalue weighted by atomic mass is 9.85. The van der Waals surface area contributed by atoms with Crippen LogP contribution in [-0.4, -0.2) is 48.2 Å². The summed E-state index contributed by atoms with van der Waals surface area (Å²) in [5, 5.41) is 6.94. The Bertz CT molecular complexity index is 1200. The smallest absolute Gasteiger partial charge is 0.382 e. The van der Waals surface area contributed by atoms with Crippen LogP contribution in [0.15, 0.2) is 36.7 Å². The summed E-state index contributed by atoms with van der Waals surface area (Å²) in [5.74, 6) is 0.639. The van der Waals surface area contributed by atoms with Crippen LogP contribution >= 0.6 is 11.3 Å². The fourth-order valence-corrected chi connectivity index (χ4v) is 6.37.